The molecule has 1 fully saturated rings. The minimum atomic E-state index is -3.29. The van der Waals surface area contributed by atoms with Crippen molar-refractivity contribution in [3.63, 3.8) is 0 Å². The molecule has 1 aromatic carbocycles. The molecule has 19 heavy (non-hydrogen) atoms. The monoisotopic (exact) mass is 302 g/mol. The van der Waals surface area contributed by atoms with Crippen molar-refractivity contribution >= 4 is 27.4 Å². The number of carbonyl (C=O) groups is 1. The highest BCUT2D eigenvalue weighted by atomic mass is 35.5. The van der Waals surface area contributed by atoms with Crippen LogP contribution in [0.15, 0.2) is 24.3 Å². The second kappa shape index (κ2) is 5.13. The van der Waals surface area contributed by atoms with Gasteiger partial charge in [-0.15, -0.1) is 0 Å². The van der Waals surface area contributed by atoms with Crippen LogP contribution in [0.2, 0.25) is 5.02 Å². The zero-order valence-corrected chi connectivity index (χ0v) is 11.9. The fourth-order valence-corrected chi connectivity index (χ4v) is 4.47. The van der Waals surface area contributed by atoms with E-state index in [0.29, 0.717) is 23.4 Å². The lowest BCUT2D eigenvalue weighted by Gasteiger charge is -2.12. The summed E-state index contributed by atoms with van der Waals surface area (Å²) in [5.41, 5.74) is 0.146. The SMILES string of the molecule is O=C(O)CC1(CS(=O)(=O)Cc2ccc(Cl)cc2)CC1. The summed E-state index contributed by atoms with van der Waals surface area (Å²) in [6, 6.07) is 6.65. The van der Waals surface area contributed by atoms with Gasteiger partial charge in [0.2, 0.25) is 0 Å². The zero-order chi connectivity index (χ0) is 14.1. The van der Waals surface area contributed by atoms with Crippen LogP contribution < -0.4 is 0 Å². The summed E-state index contributed by atoms with van der Waals surface area (Å²) in [6.45, 7) is 0. The second-order valence-corrected chi connectivity index (χ2v) is 7.73. The number of carboxylic acids is 1. The van der Waals surface area contributed by atoms with Gasteiger partial charge in [0, 0.05) is 5.02 Å². The summed E-state index contributed by atoms with van der Waals surface area (Å²) in [7, 11) is -3.29. The summed E-state index contributed by atoms with van der Waals surface area (Å²) in [5, 5.41) is 9.36. The summed E-state index contributed by atoms with van der Waals surface area (Å²) in [4.78, 5) is 10.7. The standard InChI is InChI=1S/C13H15ClO4S/c14-11-3-1-10(2-4-11)8-19(17,18)9-13(5-6-13)7-12(15)16/h1-4H,5-9H2,(H,15,16). The van der Waals surface area contributed by atoms with Crippen LogP contribution in [-0.4, -0.2) is 25.2 Å². The van der Waals surface area contributed by atoms with E-state index in [1.165, 1.54) is 0 Å². The summed E-state index contributed by atoms with van der Waals surface area (Å²) < 4.78 is 24.2. The Bertz CT molecular complexity index is 573. The van der Waals surface area contributed by atoms with Gasteiger partial charge < -0.3 is 5.11 Å². The third-order valence-corrected chi connectivity index (χ3v) is 5.39. The zero-order valence-electron chi connectivity index (χ0n) is 10.3. The molecule has 0 spiro atoms. The normalized spacial score (nSPS) is 17.1. The Hall–Kier alpha value is -1.07. The molecule has 0 aliphatic heterocycles. The van der Waals surface area contributed by atoms with E-state index >= 15 is 0 Å². The Morgan fingerprint density at radius 3 is 2.32 bits per heavy atom. The number of sulfone groups is 1. The lowest BCUT2D eigenvalue weighted by molar-refractivity contribution is -0.138. The van der Waals surface area contributed by atoms with Crippen LogP contribution in [-0.2, 0) is 20.4 Å². The first kappa shape index (κ1) is 14.3. The van der Waals surface area contributed by atoms with Crippen LogP contribution in [0.4, 0.5) is 0 Å². The van der Waals surface area contributed by atoms with E-state index in [2.05, 4.69) is 0 Å². The van der Waals surface area contributed by atoms with Crippen molar-refractivity contribution in [1.82, 2.24) is 0 Å². The van der Waals surface area contributed by atoms with Crippen molar-refractivity contribution < 1.29 is 18.3 Å². The van der Waals surface area contributed by atoms with Gasteiger partial charge in [-0.3, -0.25) is 4.79 Å². The maximum atomic E-state index is 12.1. The Kier molecular flexibility index (Phi) is 3.87. The smallest absolute Gasteiger partial charge is 0.303 e. The number of hydrogen-bond acceptors (Lipinski definition) is 3. The number of hydrogen-bond donors (Lipinski definition) is 1. The molecule has 0 heterocycles. The van der Waals surface area contributed by atoms with Crippen LogP contribution in [0.3, 0.4) is 0 Å². The van der Waals surface area contributed by atoms with Gasteiger partial charge in [-0.25, -0.2) is 8.42 Å². The van der Waals surface area contributed by atoms with Crippen LogP contribution >= 0.6 is 11.6 Å². The Labute approximate surface area is 117 Å². The van der Waals surface area contributed by atoms with E-state index in [-0.39, 0.29) is 17.9 Å². The third kappa shape index (κ3) is 4.21. The van der Waals surface area contributed by atoms with Gasteiger partial charge in [-0.05, 0) is 36.0 Å². The minimum absolute atomic E-state index is 0.0467. The molecular weight excluding hydrogens is 288 g/mol. The average molecular weight is 303 g/mol. The molecule has 104 valence electrons. The highest BCUT2D eigenvalue weighted by molar-refractivity contribution is 7.90. The summed E-state index contributed by atoms with van der Waals surface area (Å²) in [6.07, 6.45) is 1.30. The Morgan fingerprint density at radius 1 is 1.26 bits per heavy atom. The quantitative estimate of drug-likeness (QED) is 0.876. The number of aliphatic carboxylic acids is 1. The van der Waals surface area contributed by atoms with Crippen molar-refractivity contribution in [2.24, 2.45) is 5.41 Å². The Balaban J connectivity index is 2.03. The molecule has 4 nitrogen and oxygen atoms in total. The van der Waals surface area contributed by atoms with E-state index in [0.717, 1.165) is 0 Å². The molecular formula is C13H15ClO4S. The first-order chi connectivity index (χ1) is 8.80. The van der Waals surface area contributed by atoms with E-state index in [4.69, 9.17) is 16.7 Å². The van der Waals surface area contributed by atoms with E-state index in [9.17, 15) is 13.2 Å². The molecule has 1 aliphatic rings. The van der Waals surface area contributed by atoms with Crippen LogP contribution in [0, 0.1) is 5.41 Å². The van der Waals surface area contributed by atoms with Crippen molar-refractivity contribution in [1.29, 1.82) is 0 Å². The average Bonchev–Trinajstić information content (AvgIpc) is 2.98. The first-order valence-corrected chi connectivity index (χ1v) is 8.17. The van der Waals surface area contributed by atoms with Gasteiger partial charge in [0.15, 0.2) is 9.84 Å². The number of halogens is 1. The van der Waals surface area contributed by atoms with Crippen molar-refractivity contribution in [2.75, 3.05) is 5.75 Å². The van der Waals surface area contributed by atoms with Crippen LogP contribution in [0.5, 0.6) is 0 Å². The summed E-state index contributed by atoms with van der Waals surface area (Å²) >= 11 is 5.74. The van der Waals surface area contributed by atoms with Gasteiger partial charge in [0.25, 0.3) is 0 Å². The minimum Gasteiger partial charge on any atom is -0.481 e. The van der Waals surface area contributed by atoms with Gasteiger partial charge in [-0.2, -0.15) is 0 Å². The molecule has 0 unspecified atom stereocenters. The molecule has 1 aromatic rings. The second-order valence-electron chi connectivity index (χ2n) is 5.23. The third-order valence-electron chi connectivity index (χ3n) is 3.31. The molecule has 0 atom stereocenters. The van der Waals surface area contributed by atoms with Gasteiger partial charge in [-0.1, -0.05) is 23.7 Å². The maximum Gasteiger partial charge on any atom is 0.303 e. The molecule has 0 amide bonds. The predicted octanol–water partition coefficient (Wildman–Crippen LogP) is 2.51. The van der Waals surface area contributed by atoms with Crippen LogP contribution in [0.1, 0.15) is 24.8 Å². The molecule has 0 radical (unpaired) electrons. The maximum absolute atomic E-state index is 12.1. The van der Waals surface area contributed by atoms with Crippen molar-refractivity contribution in [2.45, 2.75) is 25.0 Å². The predicted molar refractivity (Wildman–Crippen MR) is 72.9 cm³/mol. The first-order valence-electron chi connectivity index (χ1n) is 5.97. The Morgan fingerprint density at radius 2 is 1.84 bits per heavy atom. The van der Waals surface area contributed by atoms with Crippen molar-refractivity contribution in [3.8, 4) is 0 Å². The van der Waals surface area contributed by atoms with Crippen LogP contribution in [0.25, 0.3) is 0 Å². The number of benzene rings is 1. The number of carboxylic acid groups (broad SMARTS) is 1. The molecule has 0 aromatic heterocycles. The molecule has 1 aliphatic carbocycles. The van der Waals surface area contributed by atoms with E-state index in [1.54, 1.807) is 24.3 Å². The van der Waals surface area contributed by atoms with Gasteiger partial charge in [0.05, 0.1) is 17.9 Å². The highest BCUT2D eigenvalue weighted by Crippen LogP contribution is 2.50. The van der Waals surface area contributed by atoms with Gasteiger partial charge >= 0.3 is 5.97 Å². The fourth-order valence-electron chi connectivity index (χ4n) is 2.22. The molecule has 1 saturated carbocycles. The molecule has 6 heteroatoms. The largest absolute Gasteiger partial charge is 0.481 e. The number of rotatable bonds is 6. The molecule has 2 rings (SSSR count). The molecule has 1 N–H and O–H groups in total. The van der Waals surface area contributed by atoms with Crippen molar-refractivity contribution in [3.05, 3.63) is 34.9 Å². The molecule has 0 saturated heterocycles. The topological polar surface area (TPSA) is 71.4 Å². The van der Waals surface area contributed by atoms with E-state index in [1.807, 2.05) is 0 Å². The fraction of sp³-hybridized carbons (Fsp3) is 0.462. The lowest BCUT2D eigenvalue weighted by Crippen LogP contribution is -2.21. The van der Waals surface area contributed by atoms with Gasteiger partial charge in [0.1, 0.15) is 0 Å². The molecule has 0 bridgehead atoms. The highest BCUT2D eigenvalue weighted by Gasteiger charge is 2.47. The summed E-state index contributed by atoms with van der Waals surface area (Å²) in [5.74, 6) is -1.04. The lowest BCUT2D eigenvalue weighted by atomic mass is 10.1. The van der Waals surface area contributed by atoms with E-state index < -0.39 is 21.2 Å².